The molecule has 0 amide bonds. The van der Waals surface area contributed by atoms with E-state index in [0.29, 0.717) is 18.2 Å². The lowest BCUT2D eigenvalue weighted by atomic mass is 10.2. The monoisotopic (exact) mass is 326 g/mol. The molecular weight excluding hydrogens is 300 g/mol. The fraction of sp³-hybridized carbons (Fsp3) is 0.733. The number of hydrogen-bond donors (Lipinski definition) is 1. The summed E-state index contributed by atoms with van der Waals surface area (Å²) in [7, 11) is -2.90. The Kier molecular flexibility index (Phi) is 5.26. The van der Waals surface area contributed by atoms with Crippen LogP contribution >= 0.6 is 0 Å². The summed E-state index contributed by atoms with van der Waals surface area (Å²) >= 11 is 0. The predicted molar refractivity (Wildman–Crippen MR) is 90.2 cm³/mol. The molecule has 6 nitrogen and oxygen atoms in total. The third kappa shape index (κ3) is 4.32. The van der Waals surface area contributed by atoms with Gasteiger partial charge in [0.25, 0.3) is 0 Å². The molecule has 1 aromatic rings. The van der Waals surface area contributed by atoms with E-state index in [0.717, 1.165) is 24.7 Å². The van der Waals surface area contributed by atoms with Gasteiger partial charge in [-0.1, -0.05) is 13.8 Å². The number of nitrogens with one attached hydrogen (secondary N) is 1. The molecule has 2 heterocycles. The lowest BCUT2D eigenvalue weighted by molar-refractivity contribution is 0.599. The Morgan fingerprint density at radius 1 is 1.41 bits per heavy atom. The highest BCUT2D eigenvalue weighted by Crippen LogP contribution is 2.24. The molecule has 1 aliphatic heterocycles. The van der Waals surface area contributed by atoms with Crippen molar-refractivity contribution in [3.63, 3.8) is 0 Å². The van der Waals surface area contributed by atoms with Crippen LogP contribution in [-0.4, -0.2) is 49.0 Å². The third-order valence-electron chi connectivity index (χ3n) is 3.80. The number of aryl methyl sites for hydroxylation is 1. The van der Waals surface area contributed by atoms with Gasteiger partial charge in [-0.25, -0.2) is 18.4 Å². The van der Waals surface area contributed by atoms with Gasteiger partial charge in [0, 0.05) is 25.2 Å². The van der Waals surface area contributed by atoms with Crippen LogP contribution < -0.4 is 10.2 Å². The van der Waals surface area contributed by atoms with Crippen molar-refractivity contribution in [3.8, 4) is 0 Å². The van der Waals surface area contributed by atoms with Crippen LogP contribution in [0, 0.1) is 12.8 Å². The van der Waals surface area contributed by atoms with E-state index in [4.69, 9.17) is 0 Å². The number of nitrogens with zero attached hydrogens (tertiary/aromatic N) is 3. The lowest BCUT2D eigenvalue weighted by Crippen LogP contribution is -2.37. The summed E-state index contributed by atoms with van der Waals surface area (Å²) in [5.74, 6) is 3.33. The zero-order chi connectivity index (χ0) is 16.3. The largest absolute Gasteiger partial charge is 0.370 e. The quantitative estimate of drug-likeness (QED) is 0.860. The first-order chi connectivity index (χ1) is 10.3. The molecule has 0 aromatic carbocycles. The summed E-state index contributed by atoms with van der Waals surface area (Å²) in [6.07, 6.45) is 0.675. The van der Waals surface area contributed by atoms with Crippen LogP contribution in [0.1, 0.15) is 33.0 Å². The van der Waals surface area contributed by atoms with Gasteiger partial charge >= 0.3 is 0 Å². The maximum absolute atomic E-state index is 11.7. The lowest BCUT2D eigenvalue weighted by Gasteiger charge is -2.28. The van der Waals surface area contributed by atoms with E-state index in [1.165, 1.54) is 0 Å². The second kappa shape index (κ2) is 6.81. The molecule has 0 spiro atoms. The van der Waals surface area contributed by atoms with E-state index in [9.17, 15) is 8.42 Å². The van der Waals surface area contributed by atoms with E-state index < -0.39 is 9.84 Å². The van der Waals surface area contributed by atoms with Gasteiger partial charge in [-0.2, -0.15) is 0 Å². The minimum absolute atomic E-state index is 0.0160. The molecule has 7 heteroatoms. The number of aromatic nitrogens is 2. The Morgan fingerprint density at radius 2 is 2.14 bits per heavy atom. The van der Waals surface area contributed by atoms with Gasteiger partial charge < -0.3 is 10.2 Å². The van der Waals surface area contributed by atoms with Crippen molar-refractivity contribution in [1.82, 2.24) is 9.97 Å². The van der Waals surface area contributed by atoms with Crippen molar-refractivity contribution >= 4 is 21.5 Å². The zero-order valence-corrected chi connectivity index (χ0v) is 14.7. The molecule has 0 bridgehead atoms. The molecule has 1 saturated heterocycles. The highest BCUT2D eigenvalue weighted by molar-refractivity contribution is 7.91. The summed E-state index contributed by atoms with van der Waals surface area (Å²) < 4.78 is 23.5. The topological polar surface area (TPSA) is 75.2 Å². The number of sulfone groups is 1. The molecule has 1 N–H and O–H groups in total. The smallest absolute Gasteiger partial charge is 0.152 e. The van der Waals surface area contributed by atoms with Gasteiger partial charge in [-0.05, 0) is 26.2 Å². The maximum atomic E-state index is 11.7. The molecule has 2 rings (SSSR count). The molecule has 124 valence electrons. The summed E-state index contributed by atoms with van der Waals surface area (Å²) in [6.45, 7) is 9.76. The van der Waals surface area contributed by atoms with Crippen molar-refractivity contribution in [1.29, 1.82) is 0 Å². The molecule has 0 saturated carbocycles. The van der Waals surface area contributed by atoms with Gasteiger partial charge in [0.2, 0.25) is 0 Å². The number of rotatable bonds is 6. The zero-order valence-electron chi connectivity index (χ0n) is 13.8. The van der Waals surface area contributed by atoms with Crippen LogP contribution in [0.15, 0.2) is 6.07 Å². The first-order valence-electron chi connectivity index (χ1n) is 7.87. The van der Waals surface area contributed by atoms with E-state index in [2.05, 4.69) is 34.0 Å². The summed E-state index contributed by atoms with van der Waals surface area (Å²) in [6, 6.07) is 1.94. The van der Waals surface area contributed by atoms with Crippen molar-refractivity contribution in [2.24, 2.45) is 5.92 Å². The van der Waals surface area contributed by atoms with Crippen LogP contribution in [0.3, 0.4) is 0 Å². The average Bonchev–Trinajstić information content (AvgIpc) is 2.77. The highest BCUT2D eigenvalue weighted by Gasteiger charge is 2.32. The van der Waals surface area contributed by atoms with Crippen LogP contribution in [-0.2, 0) is 9.84 Å². The highest BCUT2D eigenvalue weighted by atomic mass is 32.2. The first kappa shape index (κ1) is 17.0. The molecule has 1 atom stereocenters. The Balaban J connectivity index is 2.21. The number of hydrogen-bond acceptors (Lipinski definition) is 6. The molecule has 1 fully saturated rings. The Morgan fingerprint density at radius 3 is 2.68 bits per heavy atom. The number of anilines is 2. The van der Waals surface area contributed by atoms with Crippen molar-refractivity contribution in [2.45, 2.75) is 40.2 Å². The van der Waals surface area contributed by atoms with E-state index in [1.54, 1.807) is 0 Å². The molecule has 1 unspecified atom stereocenters. The molecule has 22 heavy (non-hydrogen) atoms. The minimum Gasteiger partial charge on any atom is -0.370 e. The fourth-order valence-electron chi connectivity index (χ4n) is 2.73. The Labute approximate surface area is 133 Å². The van der Waals surface area contributed by atoms with Gasteiger partial charge in [-0.3, -0.25) is 0 Å². The first-order valence-corrected chi connectivity index (χ1v) is 9.69. The molecule has 1 aliphatic rings. The molecule has 0 radical (unpaired) electrons. The third-order valence-corrected chi connectivity index (χ3v) is 5.55. The summed E-state index contributed by atoms with van der Waals surface area (Å²) in [5, 5.41) is 3.32. The Bertz CT molecular complexity index is 616. The van der Waals surface area contributed by atoms with Crippen molar-refractivity contribution in [3.05, 3.63) is 11.9 Å². The van der Waals surface area contributed by atoms with Crippen molar-refractivity contribution in [2.75, 3.05) is 34.8 Å². The van der Waals surface area contributed by atoms with Crippen LogP contribution in [0.25, 0.3) is 0 Å². The minimum atomic E-state index is -2.90. The second-order valence-corrected chi connectivity index (χ2v) is 8.50. The molecule has 1 aromatic heterocycles. The summed E-state index contributed by atoms with van der Waals surface area (Å²) in [4.78, 5) is 11.0. The van der Waals surface area contributed by atoms with Gasteiger partial charge in [0.05, 0.1) is 11.5 Å². The summed E-state index contributed by atoms with van der Waals surface area (Å²) in [5.41, 5.74) is 0. The SMILES string of the molecule is CCN(c1cc(NCC(C)C)nc(C)n1)C1CCS(=O)(=O)C1. The van der Waals surface area contributed by atoms with E-state index in [-0.39, 0.29) is 17.5 Å². The van der Waals surface area contributed by atoms with Crippen molar-refractivity contribution < 1.29 is 8.42 Å². The normalized spacial score (nSPS) is 20.3. The van der Waals surface area contributed by atoms with E-state index >= 15 is 0 Å². The average molecular weight is 326 g/mol. The van der Waals surface area contributed by atoms with E-state index in [1.807, 2.05) is 19.9 Å². The molecular formula is C15H26N4O2S. The van der Waals surface area contributed by atoms with Gasteiger partial charge in [0.1, 0.15) is 17.5 Å². The van der Waals surface area contributed by atoms with Crippen LogP contribution in [0.4, 0.5) is 11.6 Å². The fourth-order valence-corrected chi connectivity index (χ4v) is 4.46. The van der Waals surface area contributed by atoms with Crippen LogP contribution in [0.5, 0.6) is 0 Å². The van der Waals surface area contributed by atoms with Gasteiger partial charge in [0.15, 0.2) is 9.84 Å². The maximum Gasteiger partial charge on any atom is 0.152 e. The second-order valence-electron chi connectivity index (χ2n) is 6.28. The predicted octanol–water partition coefficient (Wildman–Crippen LogP) is 1.87. The molecule has 0 aliphatic carbocycles. The standard InChI is InChI=1S/C15H26N4O2S/c1-5-19(13-6-7-22(20,21)10-13)15-8-14(16-9-11(2)3)17-12(4)18-15/h8,11,13H,5-7,9-10H2,1-4H3,(H,16,17,18). The van der Waals surface area contributed by atoms with Gasteiger partial charge in [-0.15, -0.1) is 0 Å². The van der Waals surface area contributed by atoms with Crippen LogP contribution in [0.2, 0.25) is 0 Å². The Hall–Kier alpha value is -1.37.